The van der Waals surface area contributed by atoms with Crippen molar-refractivity contribution < 1.29 is 22.7 Å². The number of carbonyl (C=O) groups excluding carboxylic acids is 1. The number of hydrogen-bond donors (Lipinski definition) is 2. The van der Waals surface area contributed by atoms with Crippen molar-refractivity contribution in [2.75, 3.05) is 12.8 Å². The molecule has 3 unspecified atom stereocenters. The molecule has 1 fully saturated rings. The Hall–Kier alpha value is -2.29. The second kappa shape index (κ2) is 8.45. The van der Waals surface area contributed by atoms with Crippen molar-refractivity contribution in [3.05, 3.63) is 60.2 Å². The van der Waals surface area contributed by atoms with Crippen LogP contribution in [0.3, 0.4) is 0 Å². The number of aliphatic hydroxyl groups is 1. The van der Waals surface area contributed by atoms with Crippen LogP contribution >= 0.6 is 0 Å². The molecule has 6 nitrogen and oxygen atoms in total. The van der Waals surface area contributed by atoms with Gasteiger partial charge in [0.25, 0.3) is 5.91 Å². The van der Waals surface area contributed by atoms with E-state index in [4.69, 9.17) is 0 Å². The molecule has 0 aliphatic carbocycles. The molecule has 0 aromatic heterocycles. The summed E-state index contributed by atoms with van der Waals surface area (Å²) in [5.74, 6) is -0.632. The lowest BCUT2D eigenvalue weighted by molar-refractivity contribution is -0.149. The molecule has 1 saturated heterocycles. The van der Waals surface area contributed by atoms with Crippen LogP contribution in [0.15, 0.2) is 54.6 Å². The highest BCUT2D eigenvalue weighted by Gasteiger charge is 2.48. The Bertz CT molecular complexity index is 1010. The summed E-state index contributed by atoms with van der Waals surface area (Å²) in [5, 5.41) is 10.2. The van der Waals surface area contributed by atoms with Crippen LogP contribution < -0.4 is 4.72 Å². The minimum atomic E-state index is -3.69. The largest absolute Gasteiger partial charge is 0.381 e. The van der Waals surface area contributed by atoms with E-state index >= 15 is 0 Å². The maximum atomic E-state index is 14.8. The van der Waals surface area contributed by atoms with Gasteiger partial charge >= 0.3 is 0 Å². The summed E-state index contributed by atoms with van der Waals surface area (Å²) in [5.41, 5.74) is 1.13. The van der Waals surface area contributed by atoms with Crippen LogP contribution in [-0.2, 0) is 21.2 Å². The van der Waals surface area contributed by atoms with Crippen LogP contribution in [0.25, 0.3) is 11.1 Å². The number of nitrogens with zero attached hydrogens (tertiary/aromatic N) is 1. The number of benzene rings is 2. The predicted octanol–water partition coefficient (Wildman–Crippen LogP) is 2.13. The number of likely N-dealkylation sites (tertiary alicyclic amines) is 1. The van der Waals surface area contributed by atoms with Crippen molar-refractivity contribution in [3.8, 4) is 11.1 Å². The van der Waals surface area contributed by atoms with E-state index in [2.05, 4.69) is 4.72 Å². The molecule has 0 radical (unpaired) electrons. The Morgan fingerprint density at radius 3 is 2.40 bits per heavy atom. The monoisotopic (exact) mass is 434 g/mol. The molecule has 1 amide bonds. The average Bonchev–Trinajstić information content (AvgIpc) is 2.95. The molecule has 0 bridgehead atoms. The van der Waals surface area contributed by atoms with Gasteiger partial charge in [-0.15, -0.1) is 0 Å². The summed E-state index contributed by atoms with van der Waals surface area (Å²) in [6, 6.07) is 15.5. The molecular formula is C22H27FN2O4S. The zero-order valence-electron chi connectivity index (χ0n) is 17.2. The fourth-order valence-corrected chi connectivity index (χ4v) is 4.64. The van der Waals surface area contributed by atoms with Crippen LogP contribution in [0.1, 0.15) is 19.4 Å². The number of nitrogens with one attached hydrogen (secondary N) is 1. The molecule has 1 aliphatic rings. The third-order valence-corrected chi connectivity index (χ3v) is 5.89. The SMILES string of the molecule is CC(C)(O)C(=O)N1CC(F)C(NS(C)(=O)=O)C1Cc1cccc(-c2ccccc2)c1. The molecule has 0 saturated carbocycles. The lowest BCUT2D eigenvalue weighted by atomic mass is 9.96. The Morgan fingerprint density at radius 2 is 1.80 bits per heavy atom. The molecule has 2 N–H and O–H groups in total. The van der Waals surface area contributed by atoms with Crippen LogP contribution in [0.5, 0.6) is 0 Å². The number of rotatable bonds is 6. The maximum Gasteiger partial charge on any atom is 0.254 e. The van der Waals surface area contributed by atoms with Crippen molar-refractivity contribution in [1.29, 1.82) is 0 Å². The number of hydrogen-bond acceptors (Lipinski definition) is 4. The van der Waals surface area contributed by atoms with Gasteiger partial charge in [0.2, 0.25) is 10.0 Å². The highest BCUT2D eigenvalue weighted by molar-refractivity contribution is 7.88. The lowest BCUT2D eigenvalue weighted by Crippen LogP contribution is -2.53. The minimum Gasteiger partial charge on any atom is -0.381 e. The van der Waals surface area contributed by atoms with Gasteiger partial charge in [0.05, 0.1) is 24.9 Å². The van der Waals surface area contributed by atoms with Gasteiger partial charge in [-0.3, -0.25) is 4.79 Å². The summed E-state index contributed by atoms with van der Waals surface area (Å²) in [7, 11) is -3.69. The van der Waals surface area contributed by atoms with E-state index in [0.29, 0.717) is 0 Å². The molecule has 162 valence electrons. The fraction of sp³-hybridized carbons (Fsp3) is 0.409. The number of alkyl halides is 1. The van der Waals surface area contributed by atoms with E-state index in [-0.39, 0.29) is 13.0 Å². The number of sulfonamides is 1. The molecule has 3 atom stereocenters. The van der Waals surface area contributed by atoms with Crippen molar-refractivity contribution in [2.24, 2.45) is 0 Å². The van der Waals surface area contributed by atoms with Gasteiger partial charge in [-0.25, -0.2) is 17.5 Å². The van der Waals surface area contributed by atoms with Crippen LogP contribution in [-0.4, -0.2) is 61.0 Å². The Morgan fingerprint density at radius 1 is 1.17 bits per heavy atom. The summed E-state index contributed by atoms with van der Waals surface area (Å²) in [6.45, 7) is 2.40. The van der Waals surface area contributed by atoms with Crippen LogP contribution in [0.4, 0.5) is 4.39 Å². The smallest absolute Gasteiger partial charge is 0.254 e. The summed E-state index contributed by atoms with van der Waals surface area (Å²) in [4.78, 5) is 14.0. The Balaban J connectivity index is 1.94. The van der Waals surface area contributed by atoms with Crippen molar-refractivity contribution >= 4 is 15.9 Å². The molecular weight excluding hydrogens is 407 g/mol. The van der Waals surface area contributed by atoms with Crippen molar-refractivity contribution in [3.63, 3.8) is 0 Å². The van der Waals surface area contributed by atoms with Gasteiger partial charge in [0.15, 0.2) is 0 Å². The first-order chi connectivity index (χ1) is 14.0. The van der Waals surface area contributed by atoms with E-state index in [1.54, 1.807) is 0 Å². The van der Waals surface area contributed by atoms with Crippen molar-refractivity contribution in [2.45, 2.75) is 44.1 Å². The van der Waals surface area contributed by atoms with E-state index < -0.39 is 39.8 Å². The van der Waals surface area contributed by atoms with Crippen molar-refractivity contribution in [1.82, 2.24) is 9.62 Å². The zero-order valence-corrected chi connectivity index (χ0v) is 18.1. The highest BCUT2D eigenvalue weighted by atomic mass is 32.2. The van der Waals surface area contributed by atoms with Crippen LogP contribution in [0, 0.1) is 0 Å². The second-order valence-corrected chi connectivity index (χ2v) is 10.1. The number of halogens is 1. The quantitative estimate of drug-likeness (QED) is 0.729. The van der Waals surface area contributed by atoms with E-state index in [9.17, 15) is 22.7 Å². The molecule has 8 heteroatoms. The first kappa shape index (κ1) is 22.4. The molecule has 0 spiro atoms. The summed E-state index contributed by atoms with van der Waals surface area (Å²) >= 11 is 0. The summed E-state index contributed by atoms with van der Waals surface area (Å²) in [6.07, 6.45) is -0.364. The van der Waals surface area contributed by atoms with E-state index in [1.807, 2.05) is 54.6 Å². The standard InChI is InChI=1S/C22H27FN2O4S/c1-22(2,27)21(26)25-14-18(23)20(24-30(3,28)29)19(25)13-15-8-7-11-17(12-15)16-9-5-4-6-10-16/h4-12,18-20,24,27H,13-14H2,1-3H3. The predicted molar refractivity (Wildman–Crippen MR) is 114 cm³/mol. The zero-order chi connectivity index (χ0) is 22.1. The van der Waals surface area contributed by atoms with Gasteiger partial charge in [-0.2, -0.15) is 0 Å². The normalized spacial score (nSPS) is 22.3. The first-order valence-corrected chi connectivity index (χ1v) is 11.6. The van der Waals surface area contributed by atoms with Gasteiger partial charge in [-0.1, -0.05) is 54.6 Å². The molecule has 1 aliphatic heterocycles. The van der Waals surface area contributed by atoms with Gasteiger partial charge < -0.3 is 10.0 Å². The van der Waals surface area contributed by atoms with E-state index in [0.717, 1.165) is 22.9 Å². The van der Waals surface area contributed by atoms with Gasteiger partial charge in [-0.05, 0) is 37.0 Å². The first-order valence-electron chi connectivity index (χ1n) is 9.75. The number of amides is 1. The molecule has 1 heterocycles. The topological polar surface area (TPSA) is 86.7 Å². The fourth-order valence-electron chi connectivity index (χ4n) is 3.84. The lowest BCUT2D eigenvalue weighted by Gasteiger charge is -2.32. The van der Waals surface area contributed by atoms with Gasteiger partial charge in [0, 0.05) is 0 Å². The van der Waals surface area contributed by atoms with Crippen LogP contribution in [0.2, 0.25) is 0 Å². The Labute approximate surface area is 176 Å². The molecule has 3 rings (SSSR count). The second-order valence-electron chi connectivity index (χ2n) is 8.29. The highest BCUT2D eigenvalue weighted by Crippen LogP contribution is 2.29. The third-order valence-electron chi connectivity index (χ3n) is 5.19. The maximum absolute atomic E-state index is 14.8. The third kappa shape index (κ3) is 5.24. The molecule has 30 heavy (non-hydrogen) atoms. The minimum absolute atomic E-state index is 0.246. The Kier molecular flexibility index (Phi) is 6.31. The van der Waals surface area contributed by atoms with E-state index in [1.165, 1.54) is 18.7 Å². The molecule has 2 aromatic carbocycles. The number of carbonyl (C=O) groups is 1. The average molecular weight is 435 g/mol. The van der Waals surface area contributed by atoms with Gasteiger partial charge in [0.1, 0.15) is 11.8 Å². The summed E-state index contributed by atoms with van der Waals surface area (Å²) < 4.78 is 40.8. The molecule has 2 aromatic rings.